The van der Waals surface area contributed by atoms with E-state index in [0.29, 0.717) is 52.5 Å². The molecular weight excluding hydrogens is 470 g/mol. The molecule has 0 unspecified atom stereocenters. The fourth-order valence-electron chi connectivity index (χ4n) is 3.63. The van der Waals surface area contributed by atoms with Crippen LogP contribution in [0.1, 0.15) is 31.9 Å². The smallest absolute Gasteiger partial charge is 0.309 e. The fraction of sp³-hybridized carbons (Fsp3) is 0.333. The van der Waals surface area contributed by atoms with E-state index in [0.717, 1.165) is 0 Å². The minimum absolute atomic E-state index is 0.0671. The summed E-state index contributed by atoms with van der Waals surface area (Å²) in [6.07, 6.45) is 1.84. The van der Waals surface area contributed by atoms with Crippen LogP contribution < -0.4 is 30.9 Å². The predicted molar refractivity (Wildman–Crippen MR) is 137 cm³/mol. The maximum Gasteiger partial charge on any atom is 0.309 e. The van der Waals surface area contributed by atoms with E-state index in [1.807, 2.05) is 6.92 Å². The minimum atomic E-state index is -3.90. The molecule has 2 aromatic carbocycles. The molecule has 35 heavy (non-hydrogen) atoms. The van der Waals surface area contributed by atoms with Crippen molar-refractivity contribution in [3.8, 4) is 28.4 Å². The number of methoxy groups -OCH3 is 1. The Morgan fingerprint density at radius 1 is 1.03 bits per heavy atom. The molecule has 0 bridgehead atoms. The van der Waals surface area contributed by atoms with Crippen LogP contribution in [0.5, 0.6) is 17.2 Å². The predicted octanol–water partition coefficient (Wildman–Crippen LogP) is 3.25. The first-order valence-corrected chi connectivity index (χ1v) is 12.6. The van der Waals surface area contributed by atoms with Crippen LogP contribution in [0.4, 0.5) is 17.5 Å². The van der Waals surface area contributed by atoms with E-state index >= 15 is 0 Å². The van der Waals surface area contributed by atoms with Crippen molar-refractivity contribution in [1.82, 2.24) is 9.97 Å². The molecule has 0 aliphatic heterocycles. The average Bonchev–Trinajstić information content (AvgIpc) is 2.74. The third-order valence-electron chi connectivity index (χ3n) is 5.01. The van der Waals surface area contributed by atoms with E-state index in [1.54, 1.807) is 44.2 Å². The van der Waals surface area contributed by atoms with Crippen LogP contribution in [0, 0.1) is 5.92 Å². The number of nitrogen functional groups attached to an aromatic ring is 3. The molecule has 3 aromatic rings. The number of hydrogen-bond donors (Lipinski definition) is 3. The van der Waals surface area contributed by atoms with E-state index in [9.17, 15) is 8.42 Å². The maximum atomic E-state index is 12.8. The zero-order chi connectivity index (χ0) is 25.8. The van der Waals surface area contributed by atoms with Crippen LogP contribution in [0.15, 0.2) is 36.5 Å². The van der Waals surface area contributed by atoms with Gasteiger partial charge in [0.05, 0.1) is 30.7 Å². The van der Waals surface area contributed by atoms with Gasteiger partial charge in [-0.25, -0.2) is 4.98 Å². The second-order valence-corrected chi connectivity index (χ2v) is 9.99. The average molecular weight is 502 g/mol. The molecule has 11 heteroatoms. The standard InChI is InChI=1S/C24H31N5O5S/c1-5-33-20-9-15(8-17-12-28-24(27)29-23(17)26)10-21(34-35(30,31)13-14(2)3)22(20)16-6-7-19(32-4)18(25)11-16/h6-7,9-12,14H,5,8,13,25H2,1-4H3,(H4,26,27,28,29). The second-order valence-electron chi connectivity index (χ2n) is 8.37. The fourth-order valence-corrected chi connectivity index (χ4v) is 4.91. The highest BCUT2D eigenvalue weighted by Crippen LogP contribution is 2.43. The molecule has 6 N–H and O–H groups in total. The maximum absolute atomic E-state index is 12.8. The monoisotopic (exact) mass is 501 g/mol. The van der Waals surface area contributed by atoms with Gasteiger partial charge in [0.15, 0.2) is 5.75 Å². The summed E-state index contributed by atoms with van der Waals surface area (Å²) in [5.74, 6) is 1.07. The van der Waals surface area contributed by atoms with E-state index in [4.69, 9.17) is 30.9 Å². The van der Waals surface area contributed by atoms with Crippen LogP contribution >= 0.6 is 0 Å². The number of benzene rings is 2. The summed E-state index contributed by atoms with van der Waals surface area (Å²) in [5.41, 5.74) is 20.5. The van der Waals surface area contributed by atoms with Gasteiger partial charge in [0.1, 0.15) is 17.3 Å². The Balaban J connectivity index is 2.20. The lowest BCUT2D eigenvalue weighted by Crippen LogP contribution is -2.18. The van der Waals surface area contributed by atoms with E-state index in [1.165, 1.54) is 13.3 Å². The molecule has 1 heterocycles. The largest absolute Gasteiger partial charge is 0.495 e. The topological polar surface area (TPSA) is 166 Å². The Kier molecular flexibility index (Phi) is 7.90. The molecule has 10 nitrogen and oxygen atoms in total. The normalized spacial score (nSPS) is 11.5. The van der Waals surface area contributed by atoms with Gasteiger partial charge in [-0.1, -0.05) is 19.9 Å². The SMILES string of the molecule is CCOc1cc(Cc2cnc(N)nc2N)cc(OS(=O)(=O)CC(C)C)c1-c1ccc(OC)c(N)c1. The summed E-state index contributed by atoms with van der Waals surface area (Å²) in [5, 5.41) is 0. The molecule has 0 atom stereocenters. The van der Waals surface area contributed by atoms with Gasteiger partial charge in [-0.3, -0.25) is 0 Å². The molecular formula is C24H31N5O5S. The number of anilines is 3. The summed E-state index contributed by atoms with van der Waals surface area (Å²) in [6, 6.07) is 8.60. The number of hydrogen-bond acceptors (Lipinski definition) is 10. The molecule has 0 radical (unpaired) electrons. The quantitative estimate of drug-likeness (QED) is 0.277. The van der Waals surface area contributed by atoms with E-state index < -0.39 is 10.1 Å². The van der Waals surface area contributed by atoms with Gasteiger partial charge >= 0.3 is 10.1 Å². The van der Waals surface area contributed by atoms with Crippen LogP contribution in [0.3, 0.4) is 0 Å². The van der Waals surface area contributed by atoms with Gasteiger partial charge in [0.2, 0.25) is 5.95 Å². The molecule has 0 amide bonds. The van der Waals surface area contributed by atoms with Crippen LogP contribution in [-0.2, 0) is 16.5 Å². The van der Waals surface area contributed by atoms with Crippen molar-refractivity contribution < 1.29 is 22.1 Å². The summed E-state index contributed by atoms with van der Waals surface area (Å²) >= 11 is 0. The highest BCUT2D eigenvalue weighted by Gasteiger charge is 2.23. The first-order chi connectivity index (χ1) is 16.5. The Hall–Kier alpha value is -3.73. The Morgan fingerprint density at radius 2 is 1.74 bits per heavy atom. The van der Waals surface area contributed by atoms with E-state index in [2.05, 4.69) is 9.97 Å². The lowest BCUT2D eigenvalue weighted by Gasteiger charge is -2.19. The van der Waals surface area contributed by atoms with E-state index in [-0.39, 0.29) is 29.2 Å². The number of ether oxygens (including phenoxy) is 2. The first kappa shape index (κ1) is 25.9. The Morgan fingerprint density at radius 3 is 2.34 bits per heavy atom. The van der Waals surface area contributed by atoms with Crippen molar-refractivity contribution in [2.24, 2.45) is 5.92 Å². The number of nitrogens with two attached hydrogens (primary N) is 3. The Bertz CT molecular complexity index is 1310. The van der Waals surface area contributed by atoms with Gasteiger partial charge < -0.3 is 30.9 Å². The van der Waals surface area contributed by atoms with Crippen molar-refractivity contribution >= 4 is 27.6 Å². The zero-order valence-electron chi connectivity index (χ0n) is 20.2. The highest BCUT2D eigenvalue weighted by molar-refractivity contribution is 7.87. The molecule has 0 fully saturated rings. The van der Waals surface area contributed by atoms with Crippen molar-refractivity contribution in [2.45, 2.75) is 27.2 Å². The lowest BCUT2D eigenvalue weighted by atomic mass is 9.98. The molecule has 0 saturated carbocycles. The first-order valence-electron chi connectivity index (χ1n) is 11.1. The third-order valence-corrected chi connectivity index (χ3v) is 6.52. The molecule has 0 spiro atoms. The van der Waals surface area contributed by atoms with Crippen molar-refractivity contribution in [1.29, 1.82) is 0 Å². The second kappa shape index (κ2) is 10.7. The summed E-state index contributed by atoms with van der Waals surface area (Å²) in [4.78, 5) is 8.00. The van der Waals surface area contributed by atoms with Crippen molar-refractivity contribution in [3.05, 3.63) is 47.7 Å². The number of aromatic nitrogens is 2. The van der Waals surface area contributed by atoms with Gasteiger partial charge in [-0.05, 0) is 48.2 Å². The number of rotatable bonds is 10. The molecule has 188 valence electrons. The molecule has 0 aliphatic carbocycles. The highest BCUT2D eigenvalue weighted by atomic mass is 32.2. The molecule has 3 rings (SSSR count). The lowest BCUT2D eigenvalue weighted by molar-refractivity contribution is 0.340. The molecule has 1 aromatic heterocycles. The molecule has 0 aliphatic rings. The van der Waals surface area contributed by atoms with Gasteiger partial charge in [-0.15, -0.1) is 0 Å². The summed E-state index contributed by atoms with van der Waals surface area (Å²) < 4.78 is 42.5. The molecule has 0 saturated heterocycles. The zero-order valence-corrected chi connectivity index (χ0v) is 21.1. The third kappa shape index (κ3) is 6.44. The summed E-state index contributed by atoms with van der Waals surface area (Å²) in [7, 11) is -2.38. The van der Waals surface area contributed by atoms with Crippen LogP contribution in [-0.4, -0.2) is 37.9 Å². The minimum Gasteiger partial charge on any atom is -0.495 e. The van der Waals surface area contributed by atoms with Crippen molar-refractivity contribution in [2.75, 3.05) is 36.7 Å². The van der Waals surface area contributed by atoms with Gasteiger partial charge in [0.25, 0.3) is 0 Å². The van der Waals surface area contributed by atoms with Crippen molar-refractivity contribution in [3.63, 3.8) is 0 Å². The number of nitrogens with zero attached hydrogens (tertiary/aromatic N) is 2. The van der Waals surface area contributed by atoms with Crippen LogP contribution in [0.2, 0.25) is 0 Å². The van der Waals surface area contributed by atoms with Crippen LogP contribution in [0.25, 0.3) is 11.1 Å². The van der Waals surface area contributed by atoms with Gasteiger partial charge in [-0.2, -0.15) is 13.4 Å². The van der Waals surface area contributed by atoms with Gasteiger partial charge in [0, 0.05) is 18.2 Å². The Labute approximate surface area is 205 Å². The summed E-state index contributed by atoms with van der Waals surface area (Å²) in [6.45, 7) is 5.78.